The van der Waals surface area contributed by atoms with Gasteiger partial charge in [0.2, 0.25) is 0 Å². The molecule has 170 valence electrons. The molecule has 0 amide bonds. The molecule has 0 aromatic carbocycles. The highest BCUT2D eigenvalue weighted by atomic mass is 19.1. The summed E-state index contributed by atoms with van der Waals surface area (Å²) in [5, 5.41) is 33.1. The monoisotopic (exact) mass is 434 g/mol. The van der Waals surface area contributed by atoms with Gasteiger partial charge in [0, 0.05) is 23.3 Å². The molecule has 3 saturated carbocycles. The second kappa shape index (κ2) is 6.65. The molecule has 0 saturated heterocycles. The van der Waals surface area contributed by atoms with Crippen molar-refractivity contribution in [2.75, 3.05) is 0 Å². The van der Waals surface area contributed by atoms with Crippen LogP contribution >= 0.6 is 0 Å². The fourth-order valence-corrected chi connectivity index (χ4v) is 7.34. The Bertz CT molecular complexity index is 925. The van der Waals surface area contributed by atoms with Crippen LogP contribution in [0.1, 0.15) is 53.4 Å². The van der Waals surface area contributed by atoms with Crippen LogP contribution in [0.5, 0.6) is 0 Å². The number of fused-ring (bicyclic) bond motifs is 5. The maximum absolute atomic E-state index is 17.0. The average Bonchev–Trinajstić information content (AvgIpc) is 2.92. The standard InChI is InChI=1S/C24H31FO6/c1-5-17(27)20(30)24(31)12(2)8-14-15-10-18(28)16-9-13(26)6-7-21(16,3)23(15,25)19(29)11-22(14,24)4/h6-7,9,12,14-15,17,19,27,29,31H,5,8,10-11H2,1-4H3/t12-,14-,15-,17?,19-,21-,22-,23-,24+/m0/s1. The van der Waals surface area contributed by atoms with E-state index in [1.807, 2.05) is 0 Å². The fraction of sp³-hybridized carbons (Fsp3) is 0.708. The molecule has 4 rings (SSSR count). The molecular formula is C24H31FO6. The van der Waals surface area contributed by atoms with Crippen LogP contribution in [-0.4, -0.2) is 56.1 Å². The van der Waals surface area contributed by atoms with Crippen LogP contribution in [-0.2, 0) is 14.4 Å². The summed E-state index contributed by atoms with van der Waals surface area (Å²) in [5.74, 6) is -3.50. The molecule has 0 spiro atoms. The summed E-state index contributed by atoms with van der Waals surface area (Å²) in [6.07, 6.45) is 0.893. The molecule has 7 heteroatoms. The van der Waals surface area contributed by atoms with E-state index in [4.69, 9.17) is 0 Å². The second-order valence-electron chi connectivity index (χ2n) is 10.4. The van der Waals surface area contributed by atoms with Crippen molar-refractivity contribution in [2.24, 2.45) is 28.6 Å². The number of ketones is 3. The summed E-state index contributed by atoms with van der Waals surface area (Å²) < 4.78 is 17.0. The molecule has 0 radical (unpaired) electrons. The lowest BCUT2D eigenvalue weighted by Gasteiger charge is -2.62. The van der Waals surface area contributed by atoms with Crippen molar-refractivity contribution in [3.8, 4) is 0 Å². The number of halogens is 1. The Morgan fingerprint density at radius 3 is 2.55 bits per heavy atom. The van der Waals surface area contributed by atoms with E-state index in [2.05, 4.69) is 0 Å². The third kappa shape index (κ3) is 2.45. The van der Waals surface area contributed by atoms with Gasteiger partial charge in [-0.25, -0.2) is 4.39 Å². The molecule has 0 aliphatic heterocycles. The van der Waals surface area contributed by atoms with Gasteiger partial charge < -0.3 is 15.3 Å². The highest BCUT2D eigenvalue weighted by Crippen LogP contribution is 2.70. The number of hydrogen-bond acceptors (Lipinski definition) is 6. The van der Waals surface area contributed by atoms with E-state index in [-0.39, 0.29) is 36.4 Å². The minimum absolute atomic E-state index is 0.0696. The summed E-state index contributed by atoms with van der Waals surface area (Å²) in [5.41, 5.74) is -6.77. The van der Waals surface area contributed by atoms with E-state index >= 15 is 4.39 Å². The topological polar surface area (TPSA) is 112 Å². The largest absolute Gasteiger partial charge is 0.390 e. The van der Waals surface area contributed by atoms with Crippen molar-refractivity contribution in [1.29, 1.82) is 0 Å². The highest BCUT2D eigenvalue weighted by Gasteiger charge is 2.76. The molecule has 0 aromatic rings. The van der Waals surface area contributed by atoms with Crippen molar-refractivity contribution in [2.45, 2.75) is 76.9 Å². The number of hydrogen-bond donors (Lipinski definition) is 3. The SMILES string of the molecule is CCC(O)C(=O)[C@]1(O)[C@@H](C)C[C@H]2[C@@H]3CC(=O)C4=CC(=O)C=C[C@]4(C)[C@@]3(F)[C@@H](O)C[C@@]21C. The van der Waals surface area contributed by atoms with E-state index in [1.165, 1.54) is 19.1 Å². The normalized spacial score (nSPS) is 49.7. The van der Waals surface area contributed by atoms with E-state index in [9.17, 15) is 29.7 Å². The number of aliphatic hydroxyl groups is 3. The van der Waals surface area contributed by atoms with Gasteiger partial charge >= 0.3 is 0 Å². The number of carbonyl (C=O) groups excluding carboxylic acids is 3. The molecule has 4 aliphatic rings. The van der Waals surface area contributed by atoms with Crippen molar-refractivity contribution in [1.82, 2.24) is 0 Å². The summed E-state index contributed by atoms with van der Waals surface area (Å²) in [7, 11) is 0. The van der Waals surface area contributed by atoms with E-state index in [1.54, 1.807) is 20.8 Å². The van der Waals surface area contributed by atoms with E-state index < -0.39 is 57.8 Å². The molecular weight excluding hydrogens is 403 g/mol. The average molecular weight is 435 g/mol. The van der Waals surface area contributed by atoms with E-state index in [0.717, 1.165) is 6.08 Å². The maximum Gasteiger partial charge on any atom is 0.193 e. The zero-order valence-corrected chi connectivity index (χ0v) is 18.4. The first-order valence-electron chi connectivity index (χ1n) is 11.1. The van der Waals surface area contributed by atoms with Gasteiger partial charge in [-0.05, 0) is 50.2 Å². The lowest BCUT2D eigenvalue weighted by Crippen LogP contribution is -2.70. The van der Waals surface area contributed by atoms with Crippen LogP contribution in [0.15, 0.2) is 23.8 Å². The quantitative estimate of drug-likeness (QED) is 0.625. The maximum atomic E-state index is 17.0. The Balaban J connectivity index is 1.86. The zero-order valence-electron chi connectivity index (χ0n) is 18.4. The number of aliphatic hydroxyl groups excluding tert-OH is 2. The predicted molar refractivity (Wildman–Crippen MR) is 110 cm³/mol. The third-order valence-corrected chi connectivity index (χ3v) is 9.13. The molecule has 4 aliphatic carbocycles. The predicted octanol–water partition coefficient (Wildman–Crippen LogP) is 1.85. The smallest absolute Gasteiger partial charge is 0.193 e. The summed E-state index contributed by atoms with van der Waals surface area (Å²) in [4.78, 5) is 38.0. The Morgan fingerprint density at radius 2 is 1.94 bits per heavy atom. The molecule has 9 atom stereocenters. The number of alkyl halides is 1. The molecule has 3 fully saturated rings. The van der Waals surface area contributed by atoms with Gasteiger partial charge in [0.1, 0.15) is 11.7 Å². The number of allylic oxidation sites excluding steroid dienone is 4. The third-order valence-electron chi connectivity index (χ3n) is 9.13. The van der Waals surface area contributed by atoms with Gasteiger partial charge in [-0.3, -0.25) is 14.4 Å². The summed E-state index contributed by atoms with van der Waals surface area (Å²) in [6, 6.07) is 0. The Kier molecular flexibility index (Phi) is 4.83. The van der Waals surface area contributed by atoms with Crippen molar-refractivity contribution in [3.05, 3.63) is 23.8 Å². The number of Topliss-reactive ketones (excluding diaryl/α,β-unsaturated/α-hetero) is 2. The van der Waals surface area contributed by atoms with Crippen LogP contribution in [0, 0.1) is 28.6 Å². The Morgan fingerprint density at radius 1 is 1.29 bits per heavy atom. The van der Waals surface area contributed by atoms with Crippen LogP contribution in [0.2, 0.25) is 0 Å². The van der Waals surface area contributed by atoms with Crippen LogP contribution in [0.3, 0.4) is 0 Å². The first-order chi connectivity index (χ1) is 14.3. The van der Waals surface area contributed by atoms with Crippen molar-refractivity contribution >= 4 is 17.3 Å². The second-order valence-corrected chi connectivity index (χ2v) is 10.4. The lowest BCUT2D eigenvalue weighted by atomic mass is 9.44. The molecule has 3 N–H and O–H groups in total. The van der Waals surface area contributed by atoms with Gasteiger partial charge in [0.05, 0.1) is 11.5 Å². The van der Waals surface area contributed by atoms with Crippen LogP contribution in [0.4, 0.5) is 4.39 Å². The van der Waals surface area contributed by atoms with Crippen molar-refractivity contribution in [3.63, 3.8) is 0 Å². The summed E-state index contributed by atoms with van der Waals surface area (Å²) >= 11 is 0. The minimum Gasteiger partial charge on any atom is -0.390 e. The first-order valence-corrected chi connectivity index (χ1v) is 11.1. The van der Waals surface area contributed by atoms with Gasteiger partial charge in [-0.1, -0.05) is 26.8 Å². The number of rotatable bonds is 3. The molecule has 0 bridgehead atoms. The lowest BCUT2D eigenvalue weighted by molar-refractivity contribution is -0.219. The first kappa shape index (κ1) is 22.5. The van der Waals surface area contributed by atoms with Gasteiger partial charge in [0.25, 0.3) is 0 Å². The van der Waals surface area contributed by atoms with Gasteiger partial charge in [-0.15, -0.1) is 0 Å². The summed E-state index contributed by atoms with van der Waals surface area (Å²) in [6.45, 7) is 6.54. The van der Waals surface area contributed by atoms with Gasteiger partial charge in [-0.2, -0.15) is 0 Å². The molecule has 6 nitrogen and oxygen atoms in total. The molecule has 1 unspecified atom stereocenters. The molecule has 31 heavy (non-hydrogen) atoms. The van der Waals surface area contributed by atoms with Crippen LogP contribution in [0.25, 0.3) is 0 Å². The Hall–Kier alpha value is -1.70. The minimum atomic E-state index is -2.23. The van der Waals surface area contributed by atoms with E-state index in [0.29, 0.717) is 6.42 Å². The molecule has 0 aromatic heterocycles. The van der Waals surface area contributed by atoms with Gasteiger partial charge in [0.15, 0.2) is 23.0 Å². The van der Waals surface area contributed by atoms with Crippen LogP contribution < -0.4 is 0 Å². The van der Waals surface area contributed by atoms with Crippen molar-refractivity contribution < 1.29 is 34.1 Å². The number of carbonyl (C=O) groups is 3. The Labute approximate surface area is 181 Å². The fourth-order valence-electron chi connectivity index (χ4n) is 7.34. The highest BCUT2D eigenvalue weighted by molar-refractivity contribution is 6.10. The molecule has 0 heterocycles. The zero-order chi connectivity index (χ0) is 23.1.